The molecular formula is C6H4BF3NO. The fraction of sp³-hybridized carbons (Fsp3) is 0.167. The highest BCUT2D eigenvalue weighted by atomic mass is 19.4. The van der Waals surface area contributed by atoms with Crippen molar-refractivity contribution in [3.05, 3.63) is 24.0 Å². The molecule has 0 amide bonds. The average molecular weight is 174 g/mol. The predicted octanol–water partition coefficient (Wildman–Crippen LogP) is 0.337. The lowest BCUT2D eigenvalue weighted by molar-refractivity contribution is -0.136. The Morgan fingerprint density at radius 3 is 2.50 bits per heavy atom. The Kier molecular flexibility index (Phi) is 2.37. The molecule has 1 aromatic rings. The summed E-state index contributed by atoms with van der Waals surface area (Å²) < 4.78 is 36.2. The van der Waals surface area contributed by atoms with Crippen LogP contribution in [0.25, 0.3) is 0 Å². The van der Waals surface area contributed by atoms with Gasteiger partial charge in [-0.2, -0.15) is 13.2 Å². The molecule has 1 rings (SSSR count). The summed E-state index contributed by atoms with van der Waals surface area (Å²) in [6.07, 6.45) is -2.48. The van der Waals surface area contributed by atoms with E-state index in [1.54, 1.807) is 0 Å². The van der Waals surface area contributed by atoms with Crippen LogP contribution in [0.4, 0.5) is 13.2 Å². The molecule has 0 aliphatic carbocycles. The van der Waals surface area contributed by atoms with E-state index >= 15 is 0 Å². The van der Waals surface area contributed by atoms with Crippen LogP contribution in [0.5, 0.6) is 0 Å². The molecule has 0 fully saturated rings. The van der Waals surface area contributed by atoms with Gasteiger partial charge in [0.25, 0.3) is 0 Å². The molecule has 0 saturated heterocycles. The van der Waals surface area contributed by atoms with E-state index in [9.17, 15) is 13.2 Å². The summed E-state index contributed by atoms with van der Waals surface area (Å²) in [5, 5.41) is 8.42. The molecule has 0 aliphatic rings. The molecule has 6 heteroatoms. The quantitative estimate of drug-likeness (QED) is 0.622. The molecular weight excluding hydrogens is 170 g/mol. The van der Waals surface area contributed by atoms with E-state index in [2.05, 4.69) is 4.98 Å². The maximum atomic E-state index is 12.1. The van der Waals surface area contributed by atoms with Gasteiger partial charge in [0.15, 0.2) is 0 Å². The predicted molar refractivity (Wildman–Crippen MR) is 36.8 cm³/mol. The molecule has 2 nitrogen and oxygen atoms in total. The van der Waals surface area contributed by atoms with Crippen molar-refractivity contribution in [2.24, 2.45) is 0 Å². The highest BCUT2D eigenvalue weighted by Crippen LogP contribution is 2.26. The van der Waals surface area contributed by atoms with E-state index in [0.717, 1.165) is 18.5 Å². The first-order valence-electron chi connectivity index (χ1n) is 3.04. The third-order valence-electron chi connectivity index (χ3n) is 1.30. The highest BCUT2D eigenvalue weighted by Gasteiger charge is 2.32. The standard InChI is InChI=1S/C6H4BF3NO/c8-6(9,10)4-1-2-11-3-5(4)7-12/h1-3,12H. The lowest BCUT2D eigenvalue weighted by Crippen LogP contribution is -2.25. The molecule has 0 aliphatic heterocycles. The Bertz CT molecular complexity index is 276. The molecule has 0 atom stereocenters. The maximum Gasteiger partial charge on any atom is 0.416 e. The fourth-order valence-electron chi connectivity index (χ4n) is 0.768. The first-order chi connectivity index (χ1) is 5.55. The first kappa shape index (κ1) is 9.06. The second kappa shape index (κ2) is 3.14. The maximum absolute atomic E-state index is 12.1. The van der Waals surface area contributed by atoms with Crippen molar-refractivity contribution < 1.29 is 18.2 Å². The van der Waals surface area contributed by atoms with Gasteiger partial charge in [-0.15, -0.1) is 0 Å². The smallest absolute Gasteiger partial charge is 0.416 e. The SMILES string of the molecule is O[B]c1cnccc1C(F)(F)F. The molecule has 0 aromatic carbocycles. The van der Waals surface area contributed by atoms with Crippen LogP contribution in [0.2, 0.25) is 0 Å². The molecule has 0 bridgehead atoms. The van der Waals surface area contributed by atoms with Gasteiger partial charge in [-0.1, -0.05) is 0 Å². The molecule has 1 N–H and O–H groups in total. The van der Waals surface area contributed by atoms with Gasteiger partial charge in [0.2, 0.25) is 0 Å². The molecule has 63 valence electrons. The highest BCUT2D eigenvalue weighted by molar-refractivity contribution is 6.46. The normalized spacial score (nSPS) is 11.3. The van der Waals surface area contributed by atoms with Gasteiger partial charge in [0, 0.05) is 12.4 Å². The Hall–Kier alpha value is -1.04. The van der Waals surface area contributed by atoms with Crippen LogP contribution in [0.3, 0.4) is 0 Å². The van der Waals surface area contributed by atoms with E-state index in [-0.39, 0.29) is 5.46 Å². The van der Waals surface area contributed by atoms with Crippen molar-refractivity contribution >= 4 is 12.9 Å². The van der Waals surface area contributed by atoms with E-state index in [4.69, 9.17) is 5.02 Å². The molecule has 1 radical (unpaired) electrons. The zero-order valence-corrected chi connectivity index (χ0v) is 5.84. The zero-order chi connectivity index (χ0) is 9.19. The number of nitrogens with zero attached hydrogens (tertiary/aromatic N) is 1. The van der Waals surface area contributed by atoms with Crippen LogP contribution in [-0.2, 0) is 6.18 Å². The van der Waals surface area contributed by atoms with Crippen LogP contribution in [-0.4, -0.2) is 17.5 Å². The van der Waals surface area contributed by atoms with Crippen LogP contribution in [0, 0.1) is 0 Å². The summed E-state index contributed by atoms with van der Waals surface area (Å²) >= 11 is 0. The van der Waals surface area contributed by atoms with Gasteiger partial charge in [0.1, 0.15) is 0 Å². The molecule has 1 heterocycles. The third-order valence-corrected chi connectivity index (χ3v) is 1.30. The number of aromatic nitrogens is 1. The number of hydrogen-bond acceptors (Lipinski definition) is 2. The number of halogens is 3. The van der Waals surface area contributed by atoms with Gasteiger partial charge >= 0.3 is 13.7 Å². The van der Waals surface area contributed by atoms with Crippen molar-refractivity contribution in [2.75, 3.05) is 0 Å². The lowest BCUT2D eigenvalue weighted by atomic mass is 9.86. The van der Waals surface area contributed by atoms with Crippen molar-refractivity contribution in [1.82, 2.24) is 4.98 Å². The Morgan fingerprint density at radius 2 is 2.08 bits per heavy atom. The second-order valence-corrected chi connectivity index (χ2v) is 2.09. The minimum Gasteiger partial charge on any atom is -0.450 e. The van der Waals surface area contributed by atoms with E-state index < -0.39 is 11.7 Å². The molecule has 12 heavy (non-hydrogen) atoms. The van der Waals surface area contributed by atoms with Gasteiger partial charge in [-0.3, -0.25) is 4.98 Å². The fourth-order valence-corrected chi connectivity index (χ4v) is 0.768. The van der Waals surface area contributed by atoms with Crippen LogP contribution in [0.1, 0.15) is 5.56 Å². The third kappa shape index (κ3) is 1.76. The summed E-state index contributed by atoms with van der Waals surface area (Å²) in [6.45, 7) is 0. The lowest BCUT2D eigenvalue weighted by Gasteiger charge is -2.08. The van der Waals surface area contributed by atoms with E-state index in [0.29, 0.717) is 7.48 Å². The zero-order valence-electron chi connectivity index (χ0n) is 5.84. The molecule has 1 aromatic heterocycles. The average Bonchev–Trinajstić information content (AvgIpc) is 2.03. The first-order valence-corrected chi connectivity index (χ1v) is 3.04. The molecule has 0 spiro atoms. The number of pyridine rings is 1. The van der Waals surface area contributed by atoms with Crippen LogP contribution < -0.4 is 5.46 Å². The van der Waals surface area contributed by atoms with Gasteiger partial charge < -0.3 is 5.02 Å². The number of alkyl halides is 3. The molecule has 0 unspecified atom stereocenters. The van der Waals surface area contributed by atoms with Crippen molar-refractivity contribution in [3.8, 4) is 0 Å². The number of hydrogen-bond donors (Lipinski definition) is 1. The Balaban J connectivity index is 3.14. The number of rotatable bonds is 1. The van der Waals surface area contributed by atoms with Crippen molar-refractivity contribution in [1.29, 1.82) is 0 Å². The Labute approximate surface area is 67.3 Å². The summed E-state index contributed by atoms with van der Waals surface area (Å²) in [4.78, 5) is 3.44. The van der Waals surface area contributed by atoms with Crippen LogP contribution >= 0.6 is 0 Å². The van der Waals surface area contributed by atoms with Gasteiger partial charge in [-0.05, 0) is 11.5 Å². The van der Waals surface area contributed by atoms with Crippen molar-refractivity contribution in [3.63, 3.8) is 0 Å². The summed E-state index contributed by atoms with van der Waals surface area (Å²) in [6, 6.07) is 0.808. The summed E-state index contributed by atoms with van der Waals surface area (Å²) in [5.41, 5.74) is -1.22. The monoisotopic (exact) mass is 174 g/mol. The van der Waals surface area contributed by atoms with E-state index in [1.165, 1.54) is 0 Å². The second-order valence-electron chi connectivity index (χ2n) is 2.09. The largest absolute Gasteiger partial charge is 0.450 e. The summed E-state index contributed by atoms with van der Waals surface area (Å²) in [7, 11) is 0.385. The topological polar surface area (TPSA) is 33.1 Å². The van der Waals surface area contributed by atoms with Crippen LogP contribution in [0.15, 0.2) is 18.5 Å². The van der Waals surface area contributed by atoms with Crippen molar-refractivity contribution in [2.45, 2.75) is 6.18 Å². The minimum atomic E-state index is -4.45. The summed E-state index contributed by atoms with van der Waals surface area (Å²) in [5.74, 6) is 0. The Morgan fingerprint density at radius 1 is 1.42 bits per heavy atom. The van der Waals surface area contributed by atoms with Gasteiger partial charge in [-0.25, -0.2) is 0 Å². The molecule has 0 saturated carbocycles. The van der Waals surface area contributed by atoms with Gasteiger partial charge in [0.05, 0.1) is 5.56 Å². The van der Waals surface area contributed by atoms with E-state index in [1.807, 2.05) is 0 Å². The minimum absolute atomic E-state index is 0.329.